The van der Waals surface area contributed by atoms with E-state index in [4.69, 9.17) is 14.6 Å². The van der Waals surface area contributed by atoms with Crippen molar-refractivity contribution in [3.8, 4) is 11.5 Å². The normalized spacial score (nSPS) is 14.4. The second-order valence-corrected chi connectivity index (χ2v) is 6.85. The topological polar surface area (TPSA) is 96.4 Å². The van der Waals surface area contributed by atoms with Gasteiger partial charge < -0.3 is 24.4 Å². The molecule has 8 heteroatoms. The number of nitrogens with zero attached hydrogens (tertiary/aromatic N) is 2. The molecule has 1 aromatic carbocycles. The Hall–Kier alpha value is -2.77. The molecule has 1 aromatic rings. The zero-order chi connectivity index (χ0) is 20.5. The third-order valence-corrected chi connectivity index (χ3v) is 4.65. The van der Waals surface area contributed by atoms with Crippen LogP contribution in [0.1, 0.15) is 26.2 Å². The Balaban J connectivity index is 1.73. The summed E-state index contributed by atoms with van der Waals surface area (Å²) in [5.41, 5.74) is 0. The lowest BCUT2D eigenvalue weighted by Crippen LogP contribution is -2.46. The van der Waals surface area contributed by atoms with Crippen molar-refractivity contribution in [2.24, 2.45) is 5.92 Å². The number of piperidine rings is 1. The third-order valence-electron chi connectivity index (χ3n) is 4.65. The fraction of sp³-hybridized carbons (Fsp3) is 0.550. The van der Waals surface area contributed by atoms with Crippen LogP contribution in [0.15, 0.2) is 24.3 Å². The van der Waals surface area contributed by atoms with E-state index in [1.165, 1.54) is 4.90 Å². The van der Waals surface area contributed by atoms with Gasteiger partial charge in [-0.1, -0.05) is 6.92 Å². The number of likely N-dealkylation sites (tertiary alicyclic amines) is 1. The number of carboxylic acids is 1. The zero-order valence-electron chi connectivity index (χ0n) is 16.4. The van der Waals surface area contributed by atoms with Crippen molar-refractivity contribution in [1.29, 1.82) is 0 Å². The molecule has 1 N–H and O–H groups in total. The number of amides is 2. The Morgan fingerprint density at radius 3 is 2.21 bits per heavy atom. The van der Waals surface area contributed by atoms with E-state index < -0.39 is 11.9 Å². The Bertz CT molecular complexity index is 668. The number of ether oxygens (including phenoxy) is 2. The maximum atomic E-state index is 12.3. The van der Waals surface area contributed by atoms with E-state index in [2.05, 4.69) is 0 Å². The van der Waals surface area contributed by atoms with Crippen LogP contribution in [-0.2, 0) is 14.4 Å². The summed E-state index contributed by atoms with van der Waals surface area (Å²) in [4.78, 5) is 38.4. The number of rotatable bonds is 9. The lowest BCUT2D eigenvalue weighted by atomic mass is 9.97. The minimum atomic E-state index is -0.818. The molecule has 0 spiro atoms. The van der Waals surface area contributed by atoms with Crippen molar-refractivity contribution in [2.75, 3.05) is 39.9 Å². The molecule has 28 heavy (non-hydrogen) atoms. The average Bonchev–Trinajstić information content (AvgIpc) is 2.71. The van der Waals surface area contributed by atoms with Gasteiger partial charge in [0.15, 0.2) is 6.61 Å². The molecule has 1 fully saturated rings. The summed E-state index contributed by atoms with van der Waals surface area (Å²) in [6.07, 6.45) is 1.81. The van der Waals surface area contributed by atoms with Crippen LogP contribution < -0.4 is 9.47 Å². The third kappa shape index (κ3) is 6.44. The van der Waals surface area contributed by atoms with Crippen LogP contribution in [0.25, 0.3) is 0 Å². The van der Waals surface area contributed by atoms with Gasteiger partial charge in [0.05, 0.1) is 19.1 Å². The maximum Gasteiger partial charge on any atom is 0.306 e. The molecule has 1 aliphatic heterocycles. The summed E-state index contributed by atoms with van der Waals surface area (Å²) in [6.45, 7) is 3.26. The molecular weight excluding hydrogens is 364 g/mol. The summed E-state index contributed by atoms with van der Waals surface area (Å²) in [5.74, 6) is -0.406. The minimum absolute atomic E-state index is 0.0519. The van der Waals surface area contributed by atoms with Gasteiger partial charge in [-0.2, -0.15) is 0 Å². The zero-order valence-corrected chi connectivity index (χ0v) is 16.4. The number of hydrogen-bond acceptors (Lipinski definition) is 5. The molecule has 0 saturated carbocycles. The number of hydrogen-bond donors (Lipinski definition) is 1. The van der Waals surface area contributed by atoms with Crippen LogP contribution in [0.2, 0.25) is 0 Å². The van der Waals surface area contributed by atoms with Crippen molar-refractivity contribution >= 4 is 17.8 Å². The highest BCUT2D eigenvalue weighted by Crippen LogP contribution is 2.18. The van der Waals surface area contributed by atoms with Gasteiger partial charge in [-0.05, 0) is 43.5 Å². The van der Waals surface area contributed by atoms with Gasteiger partial charge in [-0.15, -0.1) is 0 Å². The average molecular weight is 392 g/mol. The van der Waals surface area contributed by atoms with E-state index >= 15 is 0 Å². The van der Waals surface area contributed by atoms with Crippen molar-refractivity contribution in [3.05, 3.63) is 24.3 Å². The number of likely N-dealkylation sites (N-methyl/N-ethyl adjacent to an activating group) is 1. The van der Waals surface area contributed by atoms with E-state index in [0.29, 0.717) is 38.3 Å². The fourth-order valence-corrected chi connectivity index (χ4v) is 2.87. The Morgan fingerprint density at radius 1 is 1.11 bits per heavy atom. The SMILES string of the molecule is CCCOc1ccc(OCC(=O)N(C)CC(=O)N2CCC(C(=O)O)CC2)cc1. The molecular formula is C20H28N2O6. The van der Waals surface area contributed by atoms with Crippen LogP contribution >= 0.6 is 0 Å². The highest BCUT2D eigenvalue weighted by atomic mass is 16.5. The van der Waals surface area contributed by atoms with Crippen molar-refractivity contribution < 1.29 is 29.0 Å². The van der Waals surface area contributed by atoms with Gasteiger partial charge in [0, 0.05) is 20.1 Å². The van der Waals surface area contributed by atoms with Crippen molar-refractivity contribution in [1.82, 2.24) is 9.80 Å². The predicted octanol–water partition coefficient (Wildman–Crippen LogP) is 1.64. The smallest absolute Gasteiger partial charge is 0.306 e. The molecule has 0 aliphatic carbocycles. The monoisotopic (exact) mass is 392 g/mol. The van der Waals surface area contributed by atoms with E-state index in [1.807, 2.05) is 6.92 Å². The second-order valence-electron chi connectivity index (χ2n) is 6.85. The largest absolute Gasteiger partial charge is 0.494 e. The lowest BCUT2D eigenvalue weighted by molar-refractivity contribution is -0.146. The molecule has 0 radical (unpaired) electrons. The maximum absolute atomic E-state index is 12.3. The van der Waals surface area contributed by atoms with Gasteiger partial charge in [0.2, 0.25) is 5.91 Å². The van der Waals surface area contributed by atoms with Gasteiger partial charge in [0.25, 0.3) is 5.91 Å². The van der Waals surface area contributed by atoms with E-state index in [1.54, 1.807) is 36.2 Å². The lowest BCUT2D eigenvalue weighted by Gasteiger charge is -2.31. The van der Waals surface area contributed by atoms with Crippen LogP contribution in [0, 0.1) is 5.92 Å². The highest BCUT2D eigenvalue weighted by Gasteiger charge is 2.27. The first kappa shape index (κ1) is 21.5. The van der Waals surface area contributed by atoms with Crippen LogP contribution in [0.4, 0.5) is 0 Å². The number of carbonyl (C=O) groups excluding carboxylic acids is 2. The molecule has 8 nitrogen and oxygen atoms in total. The molecule has 1 heterocycles. The Kier molecular flexibility index (Phi) is 8.10. The van der Waals surface area contributed by atoms with Gasteiger partial charge >= 0.3 is 5.97 Å². The Labute approximate surface area is 165 Å². The molecule has 0 aromatic heterocycles. The molecule has 0 unspecified atom stereocenters. The van der Waals surface area contributed by atoms with E-state index in [-0.39, 0.29) is 25.0 Å². The summed E-state index contributed by atoms with van der Waals surface area (Å²) < 4.78 is 11.0. The van der Waals surface area contributed by atoms with E-state index in [0.717, 1.165) is 12.2 Å². The molecule has 0 atom stereocenters. The first-order valence-corrected chi connectivity index (χ1v) is 9.51. The van der Waals surface area contributed by atoms with Gasteiger partial charge in [-0.25, -0.2) is 0 Å². The standard InChI is InChI=1S/C20H28N2O6/c1-3-12-27-16-4-6-17(7-5-16)28-14-19(24)21(2)13-18(23)22-10-8-15(9-11-22)20(25)26/h4-7,15H,3,8-14H2,1-2H3,(H,25,26). The number of carbonyl (C=O) groups is 3. The number of carboxylic acid groups (broad SMARTS) is 1. The van der Waals surface area contributed by atoms with Crippen molar-refractivity contribution in [2.45, 2.75) is 26.2 Å². The first-order chi connectivity index (χ1) is 13.4. The van der Waals surface area contributed by atoms with Crippen LogP contribution in [0.5, 0.6) is 11.5 Å². The molecule has 2 rings (SSSR count). The fourth-order valence-electron chi connectivity index (χ4n) is 2.87. The summed E-state index contributed by atoms with van der Waals surface area (Å²) in [6, 6.07) is 7.03. The minimum Gasteiger partial charge on any atom is -0.494 e. The van der Waals surface area contributed by atoms with E-state index in [9.17, 15) is 14.4 Å². The molecule has 154 valence electrons. The quantitative estimate of drug-likeness (QED) is 0.686. The highest BCUT2D eigenvalue weighted by molar-refractivity contribution is 5.85. The number of aliphatic carboxylic acids is 1. The summed E-state index contributed by atoms with van der Waals surface area (Å²) >= 11 is 0. The van der Waals surface area contributed by atoms with Crippen LogP contribution in [-0.4, -0.2) is 72.6 Å². The first-order valence-electron chi connectivity index (χ1n) is 9.51. The summed E-state index contributed by atoms with van der Waals surface area (Å²) in [5, 5.41) is 9.01. The molecule has 0 bridgehead atoms. The number of benzene rings is 1. The Morgan fingerprint density at radius 2 is 1.68 bits per heavy atom. The summed E-state index contributed by atoms with van der Waals surface area (Å²) in [7, 11) is 1.55. The molecule has 1 saturated heterocycles. The molecule has 1 aliphatic rings. The second kappa shape index (κ2) is 10.5. The predicted molar refractivity (Wildman–Crippen MR) is 102 cm³/mol. The molecule has 2 amide bonds. The van der Waals surface area contributed by atoms with Crippen LogP contribution in [0.3, 0.4) is 0 Å². The van der Waals surface area contributed by atoms with Gasteiger partial charge in [0.1, 0.15) is 11.5 Å². The van der Waals surface area contributed by atoms with Gasteiger partial charge in [-0.3, -0.25) is 14.4 Å². The van der Waals surface area contributed by atoms with Crippen molar-refractivity contribution in [3.63, 3.8) is 0 Å².